The third-order valence-electron chi connectivity index (χ3n) is 1.65. The van der Waals surface area contributed by atoms with E-state index in [0.717, 1.165) is 0 Å². The van der Waals surface area contributed by atoms with Crippen LogP contribution in [0.25, 0.3) is 0 Å². The van der Waals surface area contributed by atoms with E-state index < -0.39 is 0 Å². The summed E-state index contributed by atoms with van der Waals surface area (Å²) in [6, 6.07) is 0.569. The first kappa shape index (κ1) is 7.79. The molecule has 5 heteroatoms. The minimum absolute atomic E-state index is 0.477. The molecule has 1 aromatic heterocycles. The minimum Gasteiger partial charge on any atom is -0.351 e. The van der Waals surface area contributed by atoms with Crippen LogP contribution in [0.2, 0.25) is 0 Å². The molecular formula is C7H10N4S. The van der Waals surface area contributed by atoms with Crippen molar-refractivity contribution in [2.45, 2.75) is 31.0 Å². The Bertz CT molecular complexity index is 277. The van der Waals surface area contributed by atoms with Crippen molar-refractivity contribution in [2.24, 2.45) is 0 Å². The van der Waals surface area contributed by atoms with Crippen molar-refractivity contribution >= 4 is 18.6 Å². The maximum absolute atomic E-state index is 4.13. The van der Waals surface area contributed by atoms with Gasteiger partial charge in [-0.25, -0.2) is 4.98 Å². The molecule has 0 aliphatic heterocycles. The molecule has 1 aliphatic carbocycles. The summed E-state index contributed by atoms with van der Waals surface area (Å²) in [5, 5.41) is 3.66. The van der Waals surface area contributed by atoms with E-state index >= 15 is 0 Å². The van der Waals surface area contributed by atoms with Gasteiger partial charge in [0.15, 0.2) is 5.16 Å². The second-order valence-electron chi connectivity index (χ2n) is 2.92. The van der Waals surface area contributed by atoms with Gasteiger partial charge < -0.3 is 5.32 Å². The lowest BCUT2D eigenvalue weighted by atomic mass is 10.6. The molecule has 1 heterocycles. The van der Waals surface area contributed by atoms with E-state index in [1.807, 2.05) is 6.92 Å². The predicted molar refractivity (Wildman–Crippen MR) is 48.5 cm³/mol. The van der Waals surface area contributed by atoms with E-state index in [4.69, 9.17) is 0 Å². The van der Waals surface area contributed by atoms with Gasteiger partial charge in [-0.3, -0.25) is 0 Å². The lowest BCUT2D eigenvalue weighted by Gasteiger charge is -2.02. The van der Waals surface area contributed by atoms with Gasteiger partial charge in [0.25, 0.3) is 0 Å². The molecule has 1 fully saturated rings. The van der Waals surface area contributed by atoms with Gasteiger partial charge in [-0.05, 0) is 19.8 Å². The first-order chi connectivity index (χ1) is 5.74. The molecule has 1 N–H and O–H groups in total. The number of aryl methyl sites for hydroxylation is 1. The molecule has 64 valence electrons. The van der Waals surface area contributed by atoms with Gasteiger partial charge in [-0.2, -0.15) is 9.97 Å². The zero-order valence-corrected chi connectivity index (χ0v) is 7.67. The van der Waals surface area contributed by atoms with Crippen LogP contribution in [0.4, 0.5) is 5.95 Å². The number of rotatable bonds is 2. The first-order valence-electron chi connectivity index (χ1n) is 3.92. The maximum Gasteiger partial charge on any atom is 0.227 e. The number of hydrogen-bond donors (Lipinski definition) is 2. The third kappa shape index (κ3) is 1.85. The van der Waals surface area contributed by atoms with E-state index in [9.17, 15) is 0 Å². The Morgan fingerprint density at radius 1 is 1.33 bits per heavy atom. The Balaban J connectivity index is 2.18. The molecule has 0 bridgehead atoms. The average molecular weight is 182 g/mol. The predicted octanol–water partition coefficient (Wildman–Crippen LogP) is 1.04. The summed E-state index contributed by atoms with van der Waals surface area (Å²) in [4.78, 5) is 12.1. The highest BCUT2D eigenvalue weighted by Crippen LogP contribution is 2.22. The lowest BCUT2D eigenvalue weighted by Crippen LogP contribution is -2.07. The summed E-state index contributed by atoms with van der Waals surface area (Å²) in [6.07, 6.45) is 2.43. The van der Waals surface area contributed by atoms with Gasteiger partial charge in [0.05, 0.1) is 0 Å². The van der Waals surface area contributed by atoms with Gasteiger partial charge in [0.2, 0.25) is 5.95 Å². The van der Waals surface area contributed by atoms with Crippen LogP contribution in [0.3, 0.4) is 0 Å². The molecule has 1 aliphatic rings. The summed E-state index contributed by atoms with van der Waals surface area (Å²) in [6.45, 7) is 1.83. The summed E-state index contributed by atoms with van der Waals surface area (Å²) in [7, 11) is 0. The van der Waals surface area contributed by atoms with Crippen LogP contribution in [0.15, 0.2) is 5.16 Å². The van der Waals surface area contributed by atoms with Crippen LogP contribution >= 0.6 is 12.6 Å². The third-order valence-corrected chi connectivity index (χ3v) is 1.85. The molecule has 0 unspecified atom stereocenters. The minimum atomic E-state index is 0.477. The summed E-state index contributed by atoms with van der Waals surface area (Å²) in [5.41, 5.74) is 0. The number of nitrogens with zero attached hydrogens (tertiary/aromatic N) is 3. The molecular weight excluding hydrogens is 172 g/mol. The van der Waals surface area contributed by atoms with E-state index in [2.05, 4.69) is 32.9 Å². The molecule has 1 saturated carbocycles. The maximum atomic E-state index is 4.13. The van der Waals surface area contributed by atoms with Gasteiger partial charge in [0.1, 0.15) is 5.82 Å². The highest BCUT2D eigenvalue weighted by atomic mass is 32.1. The zero-order chi connectivity index (χ0) is 8.55. The van der Waals surface area contributed by atoms with Crippen molar-refractivity contribution in [2.75, 3.05) is 5.32 Å². The Hall–Kier alpha value is -0.840. The normalized spacial score (nSPS) is 16.2. The van der Waals surface area contributed by atoms with Crippen molar-refractivity contribution in [3.05, 3.63) is 5.82 Å². The first-order valence-corrected chi connectivity index (χ1v) is 4.37. The van der Waals surface area contributed by atoms with Gasteiger partial charge >= 0.3 is 0 Å². The summed E-state index contributed by atoms with van der Waals surface area (Å²) >= 11 is 4.06. The highest BCUT2D eigenvalue weighted by Gasteiger charge is 2.21. The largest absolute Gasteiger partial charge is 0.351 e. The molecule has 0 spiro atoms. The standard InChI is InChI=1S/C7H10N4S/c1-4-8-6(10-5-2-3-5)11-7(12)9-4/h5H,2-3H2,1H3,(H2,8,9,10,11,12). The smallest absolute Gasteiger partial charge is 0.227 e. The topological polar surface area (TPSA) is 50.7 Å². The van der Waals surface area contributed by atoms with E-state index in [-0.39, 0.29) is 0 Å². The lowest BCUT2D eigenvalue weighted by molar-refractivity contribution is 0.856. The molecule has 12 heavy (non-hydrogen) atoms. The van der Waals surface area contributed by atoms with Crippen LogP contribution in [0, 0.1) is 6.92 Å². The van der Waals surface area contributed by atoms with Crippen LogP contribution in [0.5, 0.6) is 0 Å². The van der Waals surface area contributed by atoms with Crippen molar-refractivity contribution in [3.8, 4) is 0 Å². The second kappa shape index (κ2) is 2.90. The molecule has 0 atom stereocenters. The fourth-order valence-corrected chi connectivity index (χ4v) is 1.18. The Kier molecular flexibility index (Phi) is 1.88. The molecule has 0 saturated heterocycles. The van der Waals surface area contributed by atoms with Gasteiger partial charge in [-0.15, -0.1) is 12.6 Å². The quantitative estimate of drug-likeness (QED) is 0.671. The number of aromatic nitrogens is 3. The highest BCUT2D eigenvalue weighted by molar-refractivity contribution is 7.80. The number of nitrogens with one attached hydrogen (secondary N) is 1. The fraction of sp³-hybridized carbons (Fsp3) is 0.571. The second-order valence-corrected chi connectivity index (χ2v) is 3.32. The molecule has 0 aromatic carbocycles. The van der Waals surface area contributed by atoms with Crippen molar-refractivity contribution < 1.29 is 0 Å². The van der Waals surface area contributed by atoms with Gasteiger partial charge in [0, 0.05) is 6.04 Å². The van der Waals surface area contributed by atoms with Gasteiger partial charge in [-0.1, -0.05) is 0 Å². The Morgan fingerprint density at radius 2 is 2.08 bits per heavy atom. The van der Waals surface area contributed by atoms with Crippen LogP contribution in [0.1, 0.15) is 18.7 Å². The molecule has 0 radical (unpaired) electrons. The average Bonchev–Trinajstić information content (AvgIpc) is 2.68. The van der Waals surface area contributed by atoms with Crippen LogP contribution in [-0.4, -0.2) is 21.0 Å². The van der Waals surface area contributed by atoms with E-state index in [1.165, 1.54) is 12.8 Å². The zero-order valence-electron chi connectivity index (χ0n) is 6.78. The summed E-state index contributed by atoms with van der Waals surface area (Å²) < 4.78 is 0. The van der Waals surface area contributed by atoms with Crippen LogP contribution < -0.4 is 5.32 Å². The molecule has 1 aromatic rings. The molecule has 4 nitrogen and oxygen atoms in total. The van der Waals surface area contributed by atoms with E-state index in [0.29, 0.717) is 23.0 Å². The monoisotopic (exact) mass is 182 g/mol. The number of anilines is 1. The molecule has 0 amide bonds. The number of hydrogen-bond acceptors (Lipinski definition) is 5. The van der Waals surface area contributed by atoms with Crippen LogP contribution in [-0.2, 0) is 0 Å². The van der Waals surface area contributed by atoms with Crippen molar-refractivity contribution in [3.63, 3.8) is 0 Å². The number of thiol groups is 1. The SMILES string of the molecule is Cc1nc(S)nc(NC2CC2)n1. The fourth-order valence-electron chi connectivity index (χ4n) is 0.942. The van der Waals surface area contributed by atoms with Crippen molar-refractivity contribution in [1.82, 2.24) is 15.0 Å². The Labute approximate surface area is 76.2 Å². The Morgan fingerprint density at radius 3 is 2.67 bits per heavy atom. The van der Waals surface area contributed by atoms with E-state index in [1.54, 1.807) is 0 Å². The summed E-state index contributed by atoms with van der Waals surface area (Å²) in [5.74, 6) is 1.35. The van der Waals surface area contributed by atoms with Crippen molar-refractivity contribution in [1.29, 1.82) is 0 Å². The molecule has 2 rings (SSSR count).